The number of carbonyl (C=O) groups is 1. The SMILES string of the molecule is C/C=C(\C=C(/C=C=CC(C)(C)C#N)N(CC)CCN(C)CC)C(=O)NC1=CCC=C(C)C(N(N)/C=C(\N)c2cnn(C)c2C)=C1. The Morgan fingerprint density at radius 3 is 2.51 bits per heavy atom. The van der Waals surface area contributed by atoms with Crippen LogP contribution in [0.2, 0.25) is 0 Å². The van der Waals surface area contributed by atoms with Gasteiger partial charge in [0.1, 0.15) is 0 Å². The second-order valence-electron chi connectivity index (χ2n) is 11.6. The van der Waals surface area contributed by atoms with Gasteiger partial charge in [0.15, 0.2) is 0 Å². The summed E-state index contributed by atoms with van der Waals surface area (Å²) in [5.74, 6) is 6.23. The molecule has 1 amide bonds. The van der Waals surface area contributed by atoms with Crippen LogP contribution in [0.25, 0.3) is 5.70 Å². The van der Waals surface area contributed by atoms with Gasteiger partial charge in [0, 0.05) is 67.2 Å². The van der Waals surface area contributed by atoms with Gasteiger partial charge < -0.3 is 20.9 Å². The number of hydrogen-bond donors (Lipinski definition) is 3. The maximum absolute atomic E-state index is 13.6. The molecule has 1 aliphatic rings. The maximum atomic E-state index is 13.6. The summed E-state index contributed by atoms with van der Waals surface area (Å²) >= 11 is 0. The van der Waals surface area contributed by atoms with Crippen molar-refractivity contribution in [1.82, 2.24) is 29.9 Å². The van der Waals surface area contributed by atoms with Gasteiger partial charge in [0.25, 0.3) is 5.91 Å². The second-order valence-corrected chi connectivity index (χ2v) is 11.6. The predicted octanol–water partition coefficient (Wildman–Crippen LogP) is 4.76. The summed E-state index contributed by atoms with van der Waals surface area (Å²) in [6.45, 7) is 16.9. The third kappa shape index (κ3) is 10.8. The second kappa shape index (κ2) is 17.1. The van der Waals surface area contributed by atoms with E-state index >= 15 is 0 Å². The smallest absolute Gasteiger partial charge is 0.255 e. The predicted molar refractivity (Wildman–Crippen MR) is 183 cm³/mol. The van der Waals surface area contributed by atoms with Gasteiger partial charge in [-0.05, 0) is 85.4 Å². The van der Waals surface area contributed by atoms with E-state index in [2.05, 4.69) is 52.9 Å². The number of allylic oxidation sites excluding steroid dienone is 6. The molecule has 45 heavy (non-hydrogen) atoms. The summed E-state index contributed by atoms with van der Waals surface area (Å²) in [5, 5.41) is 18.2. The lowest BCUT2D eigenvalue weighted by Gasteiger charge is -2.26. The molecule has 10 heteroatoms. The summed E-state index contributed by atoms with van der Waals surface area (Å²) in [7, 11) is 3.94. The normalized spacial score (nSPS) is 14.4. The lowest BCUT2D eigenvalue weighted by atomic mass is 9.96. The molecular weight excluding hydrogens is 562 g/mol. The minimum Gasteiger partial charge on any atom is -0.397 e. The standard InChI is InChI=1S/C35H51N9O/c1-10-28(21-30(17-14-18-35(6,7)25-36)43(12-3)20-19-41(8)11-2)34(45)40-29-16-13-15-26(4)33(22-29)44(38)24-32(37)31-23-39-42(9)27(31)5/h10,15-18,21-24H,11-13,19-20,37-38H2,1-9H3,(H,40,45)/b28-10+,30-21+,32-24-. The Bertz CT molecular complexity index is 1500. The van der Waals surface area contributed by atoms with Crippen LogP contribution in [0.5, 0.6) is 0 Å². The molecule has 0 aliphatic heterocycles. The number of nitriles is 1. The van der Waals surface area contributed by atoms with Gasteiger partial charge in [-0.2, -0.15) is 10.4 Å². The van der Waals surface area contributed by atoms with Gasteiger partial charge in [-0.3, -0.25) is 14.5 Å². The Morgan fingerprint density at radius 2 is 1.93 bits per heavy atom. The number of carbonyl (C=O) groups excluding carboxylic acids is 1. The van der Waals surface area contributed by atoms with Crippen LogP contribution in [0.4, 0.5) is 0 Å². The van der Waals surface area contributed by atoms with Crippen LogP contribution in [0.3, 0.4) is 0 Å². The van der Waals surface area contributed by atoms with Crippen molar-refractivity contribution in [3.05, 3.63) is 100 Å². The first-order valence-electron chi connectivity index (χ1n) is 15.3. The van der Waals surface area contributed by atoms with Gasteiger partial charge in [-0.1, -0.05) is 25.2 Å². The lowest BCUT2D eigenvalue weighted by Crippen LogP contribution is -2.32. The van der Waals surface area contributed by atoms with Gasteiger partial charge in [0.05, 0.1) is 29.1 Å². The Labute approximate surface area is 269 Å². The number of aromatic nitrogens is 2. The molecule has 0 spiro atoms. The fourth-order valence-electron chi connectivity index (χ4n) is 4.38. The van der Waals surface area contributed by atoms with E-state index < -0.39 is 5.41 Å². The molecule has 1 aromatic rings. The number of nitrogens with two attached hydrogens (primary N) is 2. The molecule has 0 bridgehead atoms. The summed E-state index contributed by atoms with van der Waals surface area (Å²) in [4.78, 5) is 18.1. The van der Waals surface area contributed by atoms with E-state index in [1.807, 2.05) is 72.0 Å². The summed E-state index contributed by atoms with van der Waals surface area (Å²) in [6, 6.07) is 2.27. The van der Waals surface area contributed by atoms with E-state index in [0.717, 1.165) is 48.7 Å². The first-order valence-corrected chi connectivity index (χ1v) is 15.3. The zero-order chi connectivity index (χ0) is 33.7. The first kappa shape index (κ1) is 36.6. The van der Waals surface area contributed by atoms with Crippen LogP contribution in [-0.2, 0) is 11.8 Å². The molecule has 1 heterocycles. The van der Waals surface area contributed by atoms with Gasteiger partial charge in [-0.25, -0.2) is 5.84 Å². The van der Waals surface area contributed by atoms with Crippen LogP contribution in [0.15, 0.2) is 88.9 Å². The molecule has 0 aromatic carbocycles. The molecule has 10 nitrogen and oxygen atoms in total. The molecule has 0 unspecified atom stereocenters. The number of nitrogens with one attached hydrogen (secondary N) is 1. The number of likely N-dealkylation sites (N-methyl/N-ethyl adjacent to an activating group) is 2. The zero-order valence-corrected chi connectivity index (χ0v) is 28.5. The molecule has 0 fully saturated rings. The molecule has 0 saturated heterocycles. The third-order valence-corrected chi connectivity index (χ3v) is 7.70. The number of aryl methyl sites for hydroxylation is 1. The van der Waals surface area contributed by atoms with Crippen molar-refractivity contribution < 1.29 is 4.79 Å². The van der Waals surface area contributed by atoms with Crippen molar-refractivity contribution in [1.29, 1.82) is 5.26 Å². The van der Waals surface area contributed by atoms with Crippen molar-refractivity contribution in [3.8, 4) is 6.07 Å². The van der Waals surface area contributed by atoms with Crippen molar-refractivity contribution >= 4 is 11.6 Å². The first-order chi connectivity index (χ1) is 21.3. The number of nitrogens with zero attached hydrogens (tertiary/aromatic N) is 6. The summed E-state index contributed by atoms with van der Waals surface area (Å²) < 4.78 is 1.75. The van der Waals surface area contributed by atoms with E-state index in [1.165, 1.54) is 5.01 Å². The minimum absolute atomic E-state index is 0.252. The average Bonchev–Trinajstić information content (AvgIpc) is 3.23. The Balaban J connectivity index is 2.41. The van der Waals surface area contributed by atoms with Crippen molar-refractivity contribution in [2.24, 2.45) is 24.0 Å². The minimum atomic E-state index is -0.655. The van der Waals surface area contributed by atoms with Gasteiger partial charge in [-0.15, -0.1) is 5.73 Å². The fourth-order valence-corrected chi connectivity index (χ4v) is 4.38. The highest BCUT2D eigenvalue weighted by atomic mass is 16.1. The number of amides is 1. The molecule has 1 aliphatic carbocycles. The molecule has 1 aromatic heterocycles. The topological polar surface area (TPSA) is 132 Å². The van der Waals surface area contributed by atoms with Gasteiger partial charge in [0.2, 0.25) is 0 Å². The van der Waals surface area contributed by atoms with E-state index in [-0.39, 0.29) is 5.91 Å². The molecular formula is C35H51N9O. The van der Waals surface area contributed by atoms with E-state index in [1.54, 1.807) is 29.2 Å². The highest BCUT2D eigenvalue weighted by Gasteiger charge is 2.16. The lowest BCUT2D eigenvalue weighted by molar-refractivity contribution is -0.116. The fraction of sp³-hybridized carbons (Fsp3) is 0.429. The largest absolute Gasteiger partial charge is 0.397 e. The Morgan fingerprint density at radius 1 is 1.22 bits per heavy atom. The molecule has 0 saturated carbocycles. The van der Waals surface area contributed by atoms with E-state index in [0.29, 0.717) is 29.1 Å². The zero-order valence-electron chi connectivity index (χ0n) is 28.5. The van der Waals surface area contributed by atoms with Crippen molar-refractivity contribution in [3.63, 3.8) is 0 Å². The quantitative estimate of drug-likeness (QED) is 0.0900. The Hall–Kier alpha value is -4.55. The third-order valence-electron chi connectivity index (χ3n) is 7.70. The molecule has 0 radical (unpaired) electrons. The number of rotatable bonds is 14. The van der Waals surface area contributed by atoms with Crippen molar-refractivity contribution in [2.75, 3.05) is 33.2 Å². The van der Waals surface area contributed by atoms with Crippen LogP contribution in [0, 0.1) is 23.7 Å². The van der Waals surface area contributed by atoms with Crippen LogP contribution in [0.1, 0.15) is 59.2 Å². The van der Waals surface area contributed by atoms with Crippen LogP contribution < -0.4 is 16.9 Å². The number of hydrogen-bond acceptors (Lipinski definition) is 8. The summed E-state index contributed by atoms with van der Waals surface area (Å²) in [6.07, 6.45) is 17.1. The van der Waals surface area contributed by atoms with E-state index in [9.17, 15) is 10.1 Å². The summed E-state index contributed by atoms with van der Waals surface area (Å²) in [5.41, 5.74) is 14.7. The van der Waals surface area contributed by atoms with Gasteiger partial charge >= 0.3 is 0 Å². The van der Waals surface area contributed by atoms with E-state index in [4.69, 9.17) is 11.6 Å². The average molecular weight is 614 g/mol. The highest BCUT2D eigenvalue weighted by molar-refractivity contribution is 5.97. The maximum Gasteiger partial charge on any atom is 0.255 e. The van der Waals surface area contributed by atoms with Crippen molar-refractivity contribution in [2.45, 2.75) is 54.9 Å². The Kier molecular flexibility index (Phi) is 13.9. The molecule has 2 rings (SSSR count). The molecule has 0 atom stereocenters. The molecule has 5 N–H and O–H groups in total. The molecule has 242 valence electrons. The number of hydrazine groups is 1. The van der Waals surface area contributed by atoms with Crippen LogP contribution >= 0.6 is 0 Å². The van der Waals surface area contributed by atoms with Crippen LogP contribution in [-0.4, -0.2) is 63.7 Å². The highest BCUT2D eigenvalue weighted by Crippen LogP contribution is 2.22. The monoisotopic (exact) mass is 613 g/mol.